The Hall–Kier alpha value is -8.98. The SMILES string of the molecule is [2H]c1c([2H])c([2H])c(-c2cccc(-c3c([2H])c([2H])c([2H])c([2H])c3[2H])c2-c2ccc3c(c2)c2ccccc2n3-c2ccc3c(c2)C(c2ccccc2)(c2ccccc2)c2ccccc2N3c2cccc(-c3ccccc3)c2)c([2H])c1[2H]. The Bertz CT molecular complexity index is 4260. The predicted octanol–water partition coefficient (Wildman–Crippen LogP) is 17.6. The Kier molecular flexibility index (Phi) is 7.53. The number of para-hydroxylation sites is 2. The van der Waals surface area contributed by atoms with Crippen molar-refractivity contribution in [2.24, 2.45) is 0 Å². The molecule has 324 valence electrons. The fourth-order valence-corrected chi connectivity index (χ4v) is 10.8. The summed E-state index contributed by atoms with van der Waals surface area (Å²) >= 11 is 0. The fraction of sp³-hybridized carbons (Fsp3) is 0.0149. The van der Waals surface area contributed by atoms with Gasteiger partial charge in [0.05, 0.1) is 41.5 Å². The lowest BCUT2D eigenvalue weighted by atomic mass is 9.62. The molecule has 0 bridgehead atoms. The van der Waals surface area contributed by atoms with Crippen molar-refractivity contribution in [1.29, 1.82) is 0 Å². The van der Waals surface area contributed by atoms with Gasteiger partial charge in [-0.25, -0.2) is 0 Å². The zero-order chi connectivity index (χ0) is 54.4. The number of hydrogen-bond donors (Lipinski definition) is 0. The lowest BCUT2D eigenvalue weighted by Crippen LogP contribution is -2.37. The fourth-order valence-electron chi connectivity index (χ4n) is 10.8. The maximum Gasteiger partial charge on any atom is 0.0743 e. The van der Waals surface area contributed by atoms with Crippen molar-refractivity contribution in [1.82, 2.24) is 4.57 Å². The third-order valence-electron chi connectivity index (χ3n) is 13.6. The minimum atomic E-state index is -0.809. The topological polar surface area (TPSA) is 8.17 Å². The molecule has 0 unspecified atom stereocenters. The lowest BCUT2D eigenvalue weighted by Gasteiger charge is -2.46. The van der Waals surface area contributed by atoms with E-state index in [-0.39, 0.29) is 22.3 Å². The summed E-state index contributed by atoms with van der Waals surface area (Å²) in [7, 11) is 0. The third kappa shape index (κ3) is 6.56. The third-order valence-corrected chi connectivity index (χ3v) is 13.6. The maximum atomic E-state index is 9.14. The quantitative estimate of drug-likeness (QED) is 0.148. The van der Waals surface area contributed by atoms with E-state index in [2.05, 4.69) is 173 Å². The van der Waals surface area contributed by atoms with Gasteiger partial charge in [-0.05, 0) is 121 Å². The van der Waals surface area contributed by atoms with Crippen LogP contribution in [0.1, 0.15) is 36.0 Å². The van der Waals surface area contributed by atoms with Gasteiger partial charge in [0, 0.05) is 22.1 Å². The standard InChI is InChI=1S/C67H46N2/c1-6-22-47(23-7-1)50-28-20-33-54(44-50)69-64-39-19-17-37-60(64)67(52-29-12-4-13-30-52,53-31-14-5-15-32-53)61-46-55(41-43-65(61)69)68-62-38-18-16-34-58(62)59-45-51(40-42-63(59)68)66-56(48-24-8-2-9-25-48)35-21-36-57(66)49-26-10-3-11-27-49/h1-46H/i2D,3D,8D,9D,10D,11D,24D,25D,26D,27D. The van der Waals surface area contributed by atoms with Crippen LogP contribution in [0.4, 0.5) is 17.1 Å². The van der Waals surface area contributed by atoms with Gasteiger partial charge >= 0.3 is 0 Å². The molecular weight excluding hydrogens is 833 g/mol. The van der Waals surface area contributed by atoms with Crippen LogP contribution in [0.25, 0.3) is 72.0 Å². The molecule has 0 atom stereocenters. The molecule has 69 heavy (non-hydrogen) atoms. The summed E-state index contributed by atoms with van der Waals surface area (Å²) in [6, 6.07) is 70.0. The molecule has 2 heterocycles. The van der Waals surface area contributed by atoms with Crippen LogP contribution in [0.5, 0.6) is 0 Å². The van der Waals surface area contributed by atoms with Crippen molar-refractivity contribution in [2.75, 3.05) is 4.90 Å². The van der Waals surface area contributed by atoms with E-state index in [9.17, 15) is 0 Å². The van der Waals surface area contributed by atoms with Gasteiger partial charge < -0.3 is 9.47 Å². The van der Waals surface area contributed by atoms with Crippen molar-refractivity contribution in [2.45, 2.75) is 5.41 Å². The van der Waals surface area contributed by atoms with E-state index in [4.69, 9.17) is 13.7 Å². The molecule has 1 aliphatic rings. The summed E-state index contributed by atoms with van der Waals surface area (Å²) in [5.41, 5.74) is 12.7. The number of aromatic nitrogens is 1. The number of anilines is 3. The second-order valence-corrected chi connectivity index (χ2v) is 17.3. The molecule has 11 aromatic carbocycles. The molecule has 0 saturated carbocycles. The van der Waals surface area contributed by atoms with Gasteiger partial charge in [0.25, 0.3) is 0 Å². The number of fused-ring (bicyclic) bond motifs is 5. The van der Waals surface area contributed by atoms with Gasteiger partial charge in [0.1, 0.15) is 0 Å². The van der Waals surface area contributed by atoms with Gasteiger partial charge in [-0.3, -0.25) is 0 Å². The molecular formula is C67H46N2. The van der Waals surface area contributed by atoms with Crippen LogP contribution in [-0.4, -0.2) is 4.57 Å². The van der Waals surface area contributed by atoms with Gasteiger partial charge in [0.15, 0.2) is 0 Å². The van der Waals surface area contributed by atoms with Gasteiger partial charge in [-0.2, -0.15) is 0 Å². The highest BCUT2D eigenvalue weighted by atomic mass is 15.2. The van der Waals surface area contributed by atoms with Crippen molar-refractivity contribution in [3.05, 3.63) is 301 Å². The Labute approximate surface area is 417 Å². The monoisotopic (exact) mass is 888 g/mol. The number of hydrogen-bond acceptors (Lipinski definition) is 1. The maximum absolute atomic E-state index is 9.14. The van der Waals surface area contributed by atoms with Crippen LogP contribution in [-0.2, 0) is 5.41 Å². The van der Waals surface area contributed by atoms with Gasteiger partial charge in [-0.15, -0.1) is 0 Å². The minimum Gasteiger partial charge on any atom is -0.310 e. The summed E-state index contributed by atoms with van der Waals surface area (Å²) < 4.78 is 90.4. The summed E-state index contributed by atoms with van der Waals surface area (Å²) in [5, 5.41) is 1.74. The average molecular weight is 889 g/mol. The molecule has 2 nitrogen and oxygen atoms in total. The summed E-state index contributed by atoms with van der Waals surface area (Å²) in [6.07, 6.45) is 0. The second kappa shape index (κ2) is 16.7. The van der Waals surface area contributed by atoms with Crippen LogP contribution in [0.15, 0.2) is 279 Å². The average Bonchev–Trinajstić information content (AvgIpc) is 3.66. The van der Waals surface area contributed by atoms with E-state index >= 15 is 0 Å². The molecule has 0 aliphatic carbocycles. The number of nitrogens with zero attached hydrogens (tertiary/aromatic N) is 2. The van der Waals surface area contributed by atoms with Crippen LogP contribution in [0, 0.1) is 0 Å². The van der Waals surface area contributed by atoms with Crippen LogP contribution < -0.4 is 4.90 Å². The molecule has 2 heteroatoms. The Morgan fingerprint density at radius 3 is 1.59 bits per heavy atom. The second-order valence-electron chi connectivity index (χ2n) is 17.3. The number of rotatable bonds is 8. The smallest absolute Gasteiger partial charge is 0.0743 e. The van der Waals surface area contributed by atoms with E-state index in [1.807, 2.05) is 36.4 Å². The van der Waals surface area contributed by atoms with Crippen molar-refractivity contribution >= 4 is 38.9 Å². The molecule has 1 aromatic heterocycles. The lowest BCUT2D eigenvalue weighted by molar-refractivity contribution is 0.730. The van der Waals surface area contributed by atoms with E-state index < -0.39 is 65.8 Å². The first kappa shape index (κ1) is 31.1. The first-order valence-electron chi connectivity index (χ1n) is 28.0. The van der Waals surface area contributed by atoms with E-state index in [0.717, 1.165) is 77.9 Å². The Balaban J connectivity index is 1.09. The van der Waals surface area contributed by atoms with Crippen molar-refractivity contribution in [3.63, 3.8) is 0 Å². The van der Waals surface area contributed by atoms with Crippen molar-refractivity contribution < 1.29 is 13.7 Å². The molecule has 0 N–H and O–H groups in total. The largest absolute Gasteiger partial charge is 0.310 e. The number of benzene rings is 11. The highest BCUT2D eigenvalue weighted by Crippen LogP contribution is 2.58. The first-order chi connectivity index (χ1) is 38.4. The van der Waals surface area contributed by atoms with E-state index in [0.29, 0.717) is 11.1 Å². The normalized spacial score (nSPS) is 14.8. The Morgan fingerprint density at radius 1 is 0.333 bits per heavy atom. The predicted molar refractivity (Wildman–Crippen MR) is 289 cm³/mol. The van der Waals surface area contributed by atoms with Crippen LogP contribution >= 0.6 is 0 Å². The summed E-state index contributed by atoms with van der Waals surface area (Å²) in [5.74, 6) is 0. The van der Waals surface area contributed by atoms with Crippen LogP contribution in [0.3, 0.4) is 0 Å². The molecule has 13 rings (SSSR count). The summed E-state index contributed by atoms with van der Waals surface area (Å²) in [6.45, 7) is 0. The zero-order valence-corrected chi connectivity index (χ0v) is 37.2. The highest BCUT2D eigenvalue weighted by molar-refractivity contribution is 6.11. The first-order valence-corrected chi connectivity index (χ1v) is 23.0. The molecule has 0 spiro atoms. The minimum absolute atomic E-state index is 0.0745. The molecule has 1 aliphatic heterocycles. The molecule has 0 radical (unpaired) electrons. The molecule has 0 amide bonds. The van der Waals surface area contributed by atoms with Gasteiger partial charge in [0.2, 0.25) is 0 Å². The molecule has 12 aromatic rings. The highest BCUT2D eigenvalue weighted by Gasteiger charge is 2.46. The zero-order valence-electron chi connectivity index (χ0n) is 47.2. The molecule has 0 saturated heterocycles. The molecule has 0 fully saturated rings. The summed E-state index contributed by atoms with van der Waals surface area (Å²) in [4.78, 5) is 2.38. The Morgan fingerprint density at radius 2 is 0.899 bits per heavy atom. The van der Waals surface area contributed by atoms with E-state index in [1.54, 1.807) is 18.2 Å². The van der Waals surface area contributed by atoms with E-state index in [1.165, 1.54) is 0 Å². The van der Waals surface area contributed by atoms with Crippen LogP contribution in [0.2, 0.25) is 0 Å². The van der Waals surface area contributed by atoms with Gasteiger partial charge in [-0.1, -0.05) is 224 Å². The van der Waals surface area contributed by atoms with Crippen molar-refractivity contribution in [3.8, 4) is 50.2 Å².